The fourth-order valence-electron chi connectivity index (χ4n) is 2.37. The first-order chi connectivity index (χ1) is 11.1. The minimum Gasteiger partial charge on any atom is -0.360 e. The van der Waals surface area contributed by atoms with Crippen molar-refractivity contribution in [1.29, 1.82) is 0 Å². The van der Waals surface area contributed by atoms with Gasteiger partial charge in [0.05, 0.1) is 0 Å². The van der Waals surface area contributed by atoms with Crippen LogP contribution >= 0.6 is 15.9 Å². The minimum atomic E-state index is -0.229. The number of rotatable bonds is 3. The molecule has 0 fully saturated rings. The average molecular weight is 371 g/mol. The zero-order chi connectivity index (χ0) is 16.4. The Morgan fingerprint density at radius 3 is 2.65 bits per heavy atom. The van der Waals surface area contributed by atoms with Crippen LogP contribution in [0.25, 0.3) is 11.3 Å². The number of para-hydroxylation sites is 1. The summed E-state index contributed by atoms with van der Waals surface area (Å²) in [6.45, 7) is 3.69. The molecule has 1 amide bonds. The Bertz CT molecular complexity index is 871. The van der Waals surface area contributed by atoms with E-state index in [4.69, 9.17) is 4.52 Å². The molecule has 5 heteroatoms. The van der Waals surface area contributed by atoms with Crippen LogP contribution in [0.5, 0.6) is 0 Å². The Hall–Kier alpha value is -2.40. The van der Waals surface area contributed by atoms with Crippen LogP contribution in [0, 0.1) is 13.8 Å². The molecule has 0 bridgehead atoms. The molecule has 3 aromatic rings. The van der Waals surface area contributed by atoms with Crippen molar-refractivity contribution in [1.82, 2.24) is 5.16 Å². The van der Waals surface area contributed by atoms with Gasteiger partial charge >= 0.3 is 0 Å². The highest BCUT2D eigenvalue weighted by Crippen LogP contribution is 2.28. The van der Waals surface area contributed by atoms with Gasteiger partial charge in [-0.2, -0.15) is 0 Å². The topological polar surface area (TPSA) is 55.1 Å². The third-order valence-corrected chi connectivity index (χ3v) is 4.07. The van der Waals surface area contributed by atoms with Gasteiger partial charge in [0, 0.05) is 15.7 Å². The van der Waals surface area contributed by atoms with Crippen LogP contribution in [0.3, 0.4) is 0 Å². The first-order valence-electron chi connectivity index (χ1n) is 7.15. The van der Waals surface area contributed by atoms with Gasteiger partial charge in [0.2, 0.25) is 0 Å². The van der Waals surface area contributed by atoms with E-state index in [1.807, 2.05) is 55.5 Å². The largest absolute Gasteiger partial charge is 0.360 e. The van der Waals surface area contributed by atoms with Gasteiger partial charge in [-0.15, -0.1) is 0 Å². The van der Waals surface area contributed by atoms with Gasteiger partial charge in [-0.05, 0) is 37.6 Å². The predicted molar refractivity (Wildman–Crippen MR) is 93.5 cm³/mol. The van der Waals surface area contributed by atoms with E-state index in [2.05, 4.69) is 26.4 Å². The van der Waals surface area contributed by atoms with E-state index >= 15 is 0 Å². The van der Waals surface area contributed by atoms with Crippen LogP contribution in [0.4, 0.5) is 5.69 Å². The summed E-state index contributed by atoms with van der Waals surface area (Å²) < 4.78 is 6.17. The molecule has 0 aliphatic carbocycles. The average Bonchev–Trinajstić information content (AvgIpc) is 2.91. The maximum Gasteiger partial charge on any atom is 0.261 e. The number of hydrogen-bond acceptors (Lipinski definition) is 3. The molecule has 3 rings (SSSR count). The molecule has 23 heavy (non-hydrogen) atoms. The van der Waals surface area contributed by atoms with Crippen molar-refractivity contribution >= 4 is 27.5 Å². The Morgan fingerprint density at radius 1 is 1.13 bits per heavy atom. The second kappa shape index (κ2) is 6.38. The van der Waals surface area contributed by atoms with Gasteiger partial charge in [-0.3, -0.25) is 4.79 Å². The molecular formula is C18H15BrN2O2. The maximum absolute atomic E-state index is 12.7. The number of carbonyl (C=O) groups is 1. The van der Waals surface area contributed by atoms with Crippen LogP contribution in [0.15, 0.2) is 57.5 Å². The number of halogens is 1. The zero-order valence-electron chi connectivity index (χ0n) is 12.8. The lowest BCUT2D eigenvalue weighted by Gasteiger charge is -2.08. The maximum atomic E-state index is 12.7. The fraction of sp³-hybridized carbons (Fsp3) is 0.111. The molecule has 0 atom stereocenters. The highest BCUT2D eigenvalue weighted by molar-refractivity contribution is 9.10. The zero-order valence-corrected chi connectivity index (χ0v) is 14.3. The van der Waals surface area contributed by atoms with Gasteiger partial charge in [-0.1, -0.05) is 51.4 Å². The number of hydrogen-bond donors (Lipinski definition) is 1. The molecule has 0 aliphatic rings. The van der Waals surface area contributed by atoms with Crippen LogP contribution in [-0.4, -0.2) is 11.1 Å². The molecule has 1 heterocycles. The molecule has 116 valence electrons. The van der Waals surface area contributed by atoms with Crippen LogP contribution in [0.2, 0.25) is 0 Å². The number of aromatic nitrogens is 1. The van der Waals surface area contributed by atoms with Crippen molar-refractivity contribution in [3.63, 3.8) is 0 Å². The van der Waals surface area contributed by atoms with E-state index in [0.29, 0.717) is 17.0 Å². The lowest BCUT2D eigenvalue weighted by atomic mass is 10.1. The summed E-state index contributed by atoms with van der Waals surface area (Å²) in [6.07, 6.45) is 0. The van der Waals surface area contributed by atoms with Gasteiger partial charge in [0.15, 0.2) is 0 Å². The van der Waals surface area contributed by atoms with Crippen LogP contribution < -0.4 is 5.32 Å². The summed E-state index contributed by atoms with van der Waals surface area (Å²) in [5.41, 5.74) is 3.59. The second-order valence-electron chi connectivity index (χ2n) is 5.24. The molecule has 0 unspecified atom stereocenters. The van der Waals surface area contributed by atoms with E-state index in [1.54, 1.807) is 6.92 Å². The monoisotopic (exact) mass is 370 g/mol. The molecule has 0 saturated carbocycles. The number of benzene rings is 2. The van der Waals surface area contributed by atoms with E-state index in [9.17, 15) is 4.79 Å². The standard InChI is InChI=1S/C18H15BrN2O2/c1-11-6-3-4-9-15(11)20-18(22)16-12(2)23-21-17(16)13-7-5-8-14(19)10-13/h3-10H,1-2H3,(H,20,22). The fourth-order valence-corrected chi connectivity index (χ4v) is 2.77. The van der Waals surface area contributed by atoms with E-state index in [1.165, 1.54) is 0 Å². The number of amides is 1. The van der Waals surface area contributed by atoms with Gasteiger partial charge in [0.1, 0.15) is 17.0 Å². The smallest absolute Gasteiger partial charge is 0.261 e. The Labute approximate surface area is 142 Å². The van der Waals surface area contributed by atoms with Crippen molar-refractivity contribution in [3.8, 4) is 11.3 Å². The molecule has 2 aromatic carbocycles. The van der Waals surface area contributed by atoms with E-state index in [-0.39, 0.29) is 5.91 Å². The molecule has 0 spiro atoms. The van der Waals surface area contributed by atoms with Crippen molar-refractivity contribution in [3.05, 3.63) is 69.9 Å². The highest BCUT2D eigenvalue weighted by atomic mass is 79.9. The number of carbonyl (C=O) groups excluding carboxylic acids is 1. The van der Waals surface area contributed by atoms with Crippen molar-refractivity contribution < 1.29 is 9.32 Å². The van der Waals surface area contributed by atoms with E-state index in [0.717, 1.165) is 21.3 Å². The molecular weight excluding hydrogens is 356 g/mol. The Morgan fingerprint density at radius 2 is 1.91 bits per heavy atom. The van der Waals surface area contributed by atoms with E-state index < -0.39 is 0 Å². The first kappa shape index (κ1) is 15.5. The summed E-state index contributed by atoms with van der Waals surface area (Å²) in [5, 5.41) is 6.98. The summed E-state index contributed by atoms with van der Waals surface area (Å²) in [6, 6.07) is 15.3. The Kier molecular flexibility index (Phi) is 4.30. The molecule has 0 radical (unpaired) electrons. The van der Waals surface area contributed by atoms with Gasteiger partial charge < -0.3 is 9.84 Å². The SMILES string of the molecule is Cc1ccccc1NC(=O)c1c(-c2cccc(Br)c2)noc1C. The lowest BCUT2D eigenvalue weighted by molar-refractivity contribution is 0.102. The van der Waals surface area contributed by atoms with Crippen molar-refractivity contribution in [2.75, 3.05) is 5.32 Å². The van der Waals surface area contributed by atoms with Crippen LogP contribution in [0.1, 0.15) is 21.7 Å². The normalized spacial score (nSPS) is 10.6. The predicted octanol–water partition coefficient (Wildman–Crippen LogP) is 4.97. The summed E-state index contributed by atoms with van der Waals surface area (Å²) in [7, 11) is 0. The molecule has 0 saturated heterocycles. The minimum absolute atomic E-state index is 0.229. The van der Waals surface area contributed by atoms with Crippen LogP contribution in [-0.2, 0) is 0 Å². The summed E-state index contributed by atoms with van der Waals surface area (Å²) in [5.74, 6) is 0.263. The number of nitrogens with one attached hydrogen (secondary N) is 1. The number of nitrogens with zero attached hydrogens (tertiary/aromatic N) is 1. The summed E-state index contributed by atoms with van der Waals surface area (Å²) in [4.78, 5) is 12.7. The third kappa shape index (κ3) is 3.19. The molecule has 1 N–H and O–H groups in total. The second-order valence-corrected chi connectivity index (χ2v) is 6.16. The molecule has 0 aliphatic heterocycles. The highest BCUT2D eigenvalue weighted by Gasteiger charge is 2.22. The number of anilines is 1. The van der Waals surface area contributed by atoms with Gasteiger partial charge in [-0.25, -0.2) is 0 Å². The summed E-state index contributed by atoms with van der Waals surface area (Å²) >= 11 is 3.43. The van der Waals surface area contributed by atoms with Crippen molar-refractivity contribution in [2.24, 2.45) is 0 Å². The quantitative estimate of drug-likeness (QED) is 0.707. The third-order valence-electron chi connectivity index (χ3n) is 3.58. The Balaban J connectivity index is 1.99. The first-order valence-corrected chi connectivity index (χ1v) is 7.95. The van der Waals surface area contributed by atoms with Gasteiger partial charge in [0.25, 0.3) is 5.91 Å². The lowest BCUT2D eigenvalue weighted by Crippen LogP contribution is -2.14. The molecule has 1 aromatic heterocycles. The van der Waals surface area contributed by atoms with Crippen molar-refractivity contribution in [2.45, 2.75) is 13.8 Å². The molecule has 4 nitrogen and oxygen atoms in total. The number of aryl methyl sites for hydroxylation is 2.